The zero-order chi connectivity index (χ0) is 24.4. The molecule has 1 aliphatic heterocycles. The standard InChI is InChI=1S/C27H26Cl2F2N2O/c1-17(2)33(26(34)13-18-11-23(30)14-24(31)12-18)25-15-32(16-25)27(19-3-7-21(28)8-4-19)20-5-9-22(29)10-6-20/h3-12,14,17,25,27H,13,15-16H2,1-2H3. The van der Waals surface area contributed by atoms with Crippen molar-refractivity contribution in [3.8, 4) is 0 Å². The lowest BCUT2D eigenvalue weighted by molar-refractivity contribution is -0.139. The molecule has 0 aromatic heterocycles. The van der Waals surface area contributed by atoms with Crippen LogP contribution >= 0.6 is 23.2 Å². The Kier molecular flexibility index (Phi) is 7.56. The van der Waals surface area contributed by atoms with Gasteiger partial charge in [-0.3, -0.25) is 9.69 Å². The summed E-state index contributed by atoms with van der Waals surface area (Å²) in [4.78, 5) is 17.3. The zero-order valence-electron chi connectivity index (χ0n) is 19.0. The average Bonchev–Trinajstić information content (AvgIpc) is 2.73. The molecule has 3 aromatic carbocycles. The van der Waals surface area contributed by atoms with Gasteiger partial charge in [-0.2, -0.15) is 0 Å². The Bertz CT molecular complexity index is 1080. The second-order valence-corrected chi connectivity index (χ2v) is 9.84. The van der Waals surface area contributed by atoms with Gasteiger partial charge in [-0.1, -0.05) is 47.5 Å². The fourth-order valence-corrected chi connectivity index (χ4v) is 4.92. The number of hydrogen-bond donors (Lipinski definition) is 0. The Morgan fingerprint density at radius 2 is 1.38 bits per heavy atom. The number of carbonyl (C=O) groups excluding carboxylic acids is 1. The summed E-state index contributed by atoms with van der Waals surface area (Å²) in [6, 6.07) is 18.7. The summed E-state index contributed by atoms with van der Waals surface area (Å²) in [6.07, 6.45) is -0.0405. The summed E-state index contributed by atoms with van der Waals surface area (Å²) in [5, 5.41) is 1.34. The maximum atomic E-state index is 13.6. The van der Waals surface area contributed by atoms with Crippen molar-refractivity contribution in [1.82, 2.24) is 9.80 Å². The molecule has 0 unspecified atom stereocenters. The van der Waals surface area contributed by atoms with Gasteiger partial charge in [0.05, 0.1) is 18.5 Å². The third-order valence-corrected chi connectivity index (χ3v) is 6.65. The van der Waals surface area contributed by atoms with E-state index in [2.05, 4.69) is 4.90 Å². The normalized spacial score (nSPS) is 14.5. The summed E-state index contributed by atoms with van der Waals surface area (Å²) in [7, 11) is 0. The molecule has 0 radical (unpaired) electrons. The third-order valence-electron chi connectivity index (χ3n) is 6.14. The molecule has 3 nitrogen and oxygen atoms in total. The van der Waals surface area contributed by atoms with Gasteiger partial charge < -0.3 is 4.90 Å². The van der Waals surface area contributed by atoms with Crippen LogP contribution in [0.15, 0.2) is 66.7 Å². The quantitative estimate of drug-likeness (QED) is 0.366. The van der Waals surface area contributed by atoms with Gasteiger partial charge in [-0.05, 0) is 66.9 Å². The number of rotatable bonds is 7. The van der Waals surface area contributed by atoms with Crippen LogP contribution in [0.25, 0.3) is 0 Å². The molecule has 1 saturated heterocycles. The van der Waals surface area contributed by atoms with Crippen LogP contribution in [0.2, 0.25) is 10.0 Å². The van der Waals surface area contributed by atoms with Crippen LogP contribution in [0.5, 0.6) is 0 Å². The molecule has 0 N–H and O–H groups in total. The first-order valence-electron chi connectivity index (χ1n) is 11.2. The number of benzene rings is 3. The molecule has 1 heterocycles. The number of halogens is 4. The van der Waals surface area contributed by atoms with Crippen LogP contribution in [0.3, 0.4) is 0 Å². The first-order chi connectivity index (χ1) is 16.2. The highest BCUT2D eigenvalue weighted by Crippen LogP contribution is 2.35. The second kappa shape index (κ2) is 10.4. The van der Waals surface area contributed by atoms with Gasteiger partial charge in [0.25, 0.3) is 0 Å². The average molecular weight is 503 g/mol. The molecule has 7 heteroatoms. The Balaban J connectivity index is 1.52. The lowest BCUT2D eigenvalue weighted by Gasteiger charge is -2.50. The highest BCUT2D eigenvalue weighted by molar-refractivity contribution is 6.30. The van der Waals surface area contributed by atoms with Crippen molar-refractivity contribution < 1.29 is 13.6 Å². The predicted octanol–water partition coefficient (Wildman–Crippen LogP) is 6.52. The molecule has 0 bridgehead atoms. The monoisotopic (exact) mass is 502 g/mol. The van der Waals surface area contributed by atoms with Gasteiger partial charge in [0.15, 0.2) is 0 Å². The van der Waals surface area contributed by atoms with Crippen molar-refractivity contribution in [3.05, 3.63) is 105 Å². The van der Waals surface area contributed by atoms with E-state index in [0.29, 0.717) is 28.7 Å². The highest BCUT2D eigenvalue weighted by Gasteiger charge is 2.39. The van der Waals surface area contributed by atoms with Crippen LogP contribution in [-0.2, 0) is 11.2 Å². The number of amides is 1. The first-order valence-corrected chi connectivity index (χ1v) is 12.0. The molecule has 1 fully saturated rings. The molecule has 0 saturated carbocycles. The molecular formula is C27H26Cl2F2N2O. The van der Waals surface area contributed by atoms with Crippen LogP contribution in [0, 0.1) is 11.6 Å². The topological polar surface area (TPSA) is 23.6 Å². The van der Waals surface area contributed by atoms with Crippen molar-refractivity contribution in [2.24, 2.45) is 0 Å². The Morgan fingerprint density at radius 3 is 1.82 bits per heavy atom. The van der Waals surface area contributed by atoms with E-state index >= 15 is 0 Å². The number of carbonyl (C=O) groups is 1. The molecule has 1 amide bonds. The SMILES string of the molecule is CC(C)N(C(=O)Cc1cc(F)cc(F)c1)C1CN(C(c2ccc(Cl)cc2)c2ccc(Cl)cc2)C1. The zero-order valence-corrected chi connectivity index (χ0v) is 20.5. The van der Waals surface area contributed by atoms with E-state index in [1.165, 1.54) is 12.1 Å². The van der Waals surface area contributed by atoms with Crippen molar-refractivity contribution in [2.75, 3.05) is 13.1 Å². The summed E-state index contributed by atoms with van der Waals surface area (Å²) in [6.45, 7) is 5.28. The molecule has 178 valence electrons. The largest absolute Gasteiger partial charge is 0.334 e. The van der Waals surface area contributed by atoms with Crippen LogP contribution in [0.4, 0.5) is 8.78 Å². The number of nitrogens with zero attached hydrogens (tertiary/aromatic N) is 2. The highest BCUT2D eigenvalue weighted by atomic mass is 35.5. The van der Waals surface area contributed by atoms with E-state index in [1.54, 1.807) is 0 Å². The number of likely N-dealkylation sites (tertiary alicyclic amines) is 1. The van der Waals surface area contributed by atoms with Gasteiger partial charge in [0.2, 0.25) is 5.91 Å². The smallest absolute Gasteiger partial charge is 0.227 e. The lowest BCUT2D eigenvalue weighted by atomic mass is 9.92. The number of hydrogen-bond acceptors (Lipinski definition) is 2. The Morgan fingerprint density at radius 1 is 0.912 bits per heavy atom. The molecule has 0 aliphatic carbocycles. The minimum Gasteiger partial charge on any atom is -0.334 e. The van der Waals surface area contributed by atoms with Gasteiger partial charge in [-0.15, -0.1) is 0 Å². The van der Waals surface area contributed by atoms with E-state index in [1.807, 2.05) is 67.3 Å². The van der Waals surface area contributed by atoms with Gasteiger partial charge in [0, 0.05) is 35.2 Å². The molecule has 0 spiro atoms. The molecule has 3 aromatic rings. The van der Waals surface area contributed by atoms with E-state index in [9.17, 15) is 13.6 Å². The van der Waals surface area contributed by atoms with Crippen LogP contribution in [0.1, 0.15) is 36.6 Å². The third kappa shape index (κ3) is 5.60. The second-order valence-electron chi connectivity index (χ2n) is 8.96. The summed E-state index contributed by atoms with van der Waals surface area (Å²) in [5.74, 6) is -1.50. The van der Waals surface area contributed by atoms with E-state index in [-0.39, 0.29) is 30.5 Å². The van der Waals surface area contributed by atoms with Crippen LogP contribution in [-0.4, -0.2) is 40.9 Å². The van der Waals surface area contributed by atoms with Gasteiger partial charge >= 0.3 is 0 Å². The first kappa shape index (κ1) is 24.6. The van der Waals surface area contributed by atoms with E-state index < -0.39 is 11.6 Å². The maximum Gasteiger partial charge on any atom is 0.227 e. The minimum absolute atomic E-state index is 0.00721. The minimum atomic E-state index is -0.678. The van der Waals surface area contributed by atoms with E-state index in [4.69, 9.17) is 23.2 Å². The predicted molar refractivity (Wildman–Crippen MR) is 132 cm³/mol. The summed E-state index contributed by atoms with van der Waals surface area (Å²) in [5.41, 5.74) is 2.54. The van der Waals surface area contributed by atoms with Gasteiger partial charge in [-0.25, -0.2) is 8.78 Å². The van der Waals surface area contributed by atoms with Crippen LogP contribution < -0.4 is 0 Å². The van der Waals surface area contributed by atoms with Crippen molar-refractivity contribution in [3.63, 3.8) is 0 Å². The Labute approximate surface area is 208 Å². The molecular weight excluding hydrogens is 477 g/mol. The Hall–Kier alpha value is -2.47. The summed E-state index contributed by atoms with van der Waals surface area (Å²) < 4.78 is 27.2. The summed E-state index contributed by atoms with van der Waals surface area (Å²) >= 11 is 12.2. The lowest BCUT2D eigenvalue weighted by Crippen LogP contribution is -2.63. The van der Waals surface area contributed by atoms with Crippen molar-refractivity contribution in [1.29, 1.82) is 0 Å². The fourth-order valence-electron chi connectivity index (χ4n) is 4.67. The van der Waals surface area contributed by atoms with E-state index in [0.717, 1.165) is 17.2 Å². The molecule has 4 rings (SSSR count). The van der Waals surface area contributed by atoms with Crippen molar-refractivity contribution in [2.45, 2.75) is 38.4 Å². The van der Waals surface area contributed by atoms with Crippen molar-refractivity contribution >= 4 is 29.1 Å². The maximum absolute atomic E-state index is 13.6. The fraction of sp³-hybridized carbons (Fsp3) is 0.296. The molecule has 0 atom stereocenters. The van der Waals surface area contributed by atoms with Gasteiger partial charge in [0.1, 0.15) is 11.6 Å². The molecule has 34 heavy (non-hydrogen) atoms. The molecule has 1 aliphatic rings.